The average Bonchev–Trinajstić information content (AvgIpc) is 2.66. The maximum atomic E-state index is 13.2. The fourth-order valence-corrected chi connectivity index (χ4v) is 4.08. The van der Waals surface area contributed by atoms with E-state index in [-0.39, 0.29) is 39.3 Å². The van der Waals surface area contributed by atoms with Crippen molar-refractivity contribution in [1.82, 2.24) is 0 Å². The number of sulfonamides is 1. The fraction of sp³-hybridized carbons (Fsp3) is 0.176. The molecule has 0 unspecified atom stereocenters. The van der Waals surface area contributed by atoms with Crippen LogP contribution < -0.4 is 13.8 Å². The van der Waals surface area contributed by atoms with Crippen LogP contribution in [-0.2, 0) is 10.0 Å². The summed E-state index contributed by atoms with van der Waals surface area (Å²) in [5, 5.41) is 11.2. The van der Waals surface area contributed by atoms with Crippen LogP contribution in [0.5, 0.6) is 11.5 Å². The molecule has 144 valence electrons. The molecule has 0 saturated heterocycles. The maximum Gasteiger partial charge on any atom is 0.270 e. The predicted molar refractivity (Wildman–Crippen MR) is 102 cm³/mol. The molecular weight excluding hydrogens is 396 g/mol. The van der Waals surface area contributed by atoms with Crippen molar-refractivity contribution < 1.29 is 22.8 Å². The van der Waals surface area contributed by atoms with Crippen LogP contribution in [-0.4, -0.2) is 34.1 Å². The molecule has 0 heterocycles. The highest BCUT2D eigenvalue weighted by Crippen LogP contribution is 2.40. The molecule has 0 aliphatic heterocycles. The molecule has 0 saturated carbocycles. The van der Waals surface area contributed by atoms with E-state index >= 15 is 0 Å². The molecule has 0 spiro atoms. The first-order chi connectivity index (χ1) is 12.8. The van der Waals surface area contributed by atoms with Crippen LogP contribution >= 0.6 is 11.6 Å². The van der Waals surface area contributed by atoms with Gasteiger partial charge in [-0.05, 0) is 6.07 Å². The van der Waals surface area contributed by atoms with E-state index in [2.05, 4.69) is 6.58 Å². The van der Waals surface area contributed by atoms with E-state index in [1.807, 2.05) is 0 Å². The van der Waals surface area contributed by atoms with Crippen molar-refractivity contribution >= 4 is 33.0 Å². The Bertz CT molecular complexity index is 977. The van der Waals surface area contributed by atoms with Gasteiger partial charge < -0.3 is 9.47 Å². The molecule has 2 rings (SSSR count). The Balaban J connectivity index is 2.68. The fourth-order valence-electron chi connectivity index (χ4n) is 2.37. The zero-order valence-electron chi connectivity index (χ0n) is 14.6. The van der Waals surface area contributed by atoms with Crippen molar-refractivity contribution in [2.75, 3.05) is 25.1 Å². The highest BCUT2D eigenvalue weighted by molar-refractivity contribution is 7.92. The first kappa shape index (κ1) is 20.5. The van der Waals surface area contributed by atoms with Gasteiger partial charge in [0.2, 0.25) is 0 Å². The number of anilines is 1. The van der Waals surface area contributed by atoms with Crippen LogP contribution in [0.1, 0.15) is 0 Å². The smallest absolute Gasteiger partial charge is 0.270 e. The molecule has 0 bridgehead atoms. The van der Waals surface area contributed by atoms with Crippen molar-refractivity contribution in [3.63, 3.8) is 0 Å². The number of halogens is 1. The van der Waals surface area contributed by atoms with E-state index in [1.54, 1.807) is 0 Å². The van der Waals surface area contributed by atoms with E-state index in [9.17, 15) is 18.5 Å². The highest BCUT2D eigenvalue weighted by atomic mass is 35.5. The van der Waals surface area contributed by atoms with E-state index < -0.39 is 14.9 Å². The van der Waals surface area contributed by atoms with Crippen molar-refractivity contribution in [1.29, 1.82) is 0 Å². The normalized spacial score (nSPS) is 10.9. The minimum absolute atomic E-state index is 0.105. The van der Waals surface area contributed by atoms with E-state index in [0.29, 0.717) is 0 Å². The standard InChI is InChI=1S/C17H17ClN2O6S/c1-4-8-19(15-11-16(25-2)14(18)10-17(15)26-3)27(23,24)13-7-5-6-12(9-13)20(21)22/h4-7,9-11H,1,8H2,2-3H3. The quantitative estimate of drug-likeness (QED) is 0.373. The topological polar surface area (TPSA) is 99.0 Å². The first-order valence-corrected chi connectivity index (χ1v) is 9.37. The third-order valence-electron chi connectivity index (χ3n) is 3.63. The minimum atomic E-state index is -4.16. The lowest BCUT2D eigenvalue weighted by Gasteiger charge is -2.25. The van der Waals surface area contributed by atoms with Gasteiger partial charge in [-0.2, -0.15) is 0 Å². The Hall–Kier alpha value is -2.78. The van der Waals surface area contributed by atoms with Gasteiger partial charge in [0.25, 0.3) is 15.7 Å². The molecule has 0 atom stereocenters. The summed E-state index contributed by atoms with van der Waals surface area (Å²) in [6.07, 6.45) is 1.38. The number of nitrogens with zero attached hydrogens (tertiary/aromatic N) is 2. The number of rotatable bonds is 8. The van der Waals surface area contributed by atoms with Crippen molar-refractivity contribution in [3.05, 3.63) is 64.2 Å². The number of non-ortho nitro benzene ring substituents is 1. The third kappa shape index (κ3) is 4.15. The number of nitro groups is 1. The highest BCUT2D eigenvalue weighted by Gasteiger charge is 2.29. The SMILES string of the molecule is C=CCN(c1cc(OC)c(Cl)cc1OC)S(=O)(=O)c1cccc([N+](=O)[O-])c1. The molecule has 0 aromatic heterocycles. The number of ether oxygens (including phenoxy) is 2. The van der Waals surface area contributed by atoms with Crippen molar-refractivity contribution in [2.45, 2.75) is 4.90 Å². The molecule has 2 aromatic rings. The van der Waals surface area contributed by atoms with E-state index in [1.165, 1.54) is 50.6 Å². The second-order valence-electron chi connectivity index (χ2n) is 5.24. The van der Waals surface area contributed by atoms with Crippen LogP contribution in [0, 0.1) is 10.1 Å². The molecule has 0 aliphatic carbocycles. The molecule has 2 aromatic carbocycles. The van der Waals surface area contributed by atoms with Crippen LogP contribution in [0.2, 0.25) is 5.02 Å². The largest absolute Gasteiger partial charge is 0.495 e. The Morgan fingerprint density at radius 1 is 1.22 bits per heavy atom. The number of hydrogen-bond acceptors (Lipinski definition) is 6. The molecular formula is C17H17ClN2O6S. The zero-order valence-corrected chi connectivity index (χ0v) is 16.2. The predicted octanol–water partition coefficient (Wildman–Crippen LogP) is 3.65. The van der Waals surface area contributed by atoms with Crippen molar-refractivity contribution in [2.24, 2.45) is 0 Å². The molecule has 0 radical (unpaired) electrons. The van der Waals surface area contributed by atoms with Gasteiger partial charge in [-0.15, -0.1) is 6.58 Å². The summed E-state index contributed by atoms with van der Waals surface area (Å²) < 4.78 is 37.8. The summed E-state index contributed by atoms with van der Waals surface area (Å²) >= 11 is 6.08. The molecule has 10 heteroatoms. The Kier molecular flexibility index (Phi) is 6.29. The Morgan fingerprint density at radius 2 is 1.89 bits per heavy atom. The molecule has 0 amide bonds. The summed E-state index contributed by atoms with van der Waals surface area (Å²) in [6.45, 7) is 3.48. The summed E-state index contributed by atoms with van der Waals surface area (Å²) in [7, 11) is -1.40. The molecule has 27 heavy (non-hydrogen) atoms. The van der Waals surface area contributed by atoms with Crippen LogP contribution in [0.3, 0.4) is 0 Å². The molecule has 0 fully saturated rings. The zero-order chi connectivity index (χ0) is 20.2. The van der Waals surface area contributed by atoms with Gasteiger partial charge in [-0.3, -0.25) is 14.4 Å². The van der Waals surface area contributed by atoms with Crippen LogP contribution in [0.25, 0.3) is 0 Å². The molecule has 0 aliphatic rings. The summed E-state index contributed by atoms with van der Waals surface area (Å²) in [6, 6.07) is 7.62. The number of nitro benzene ring substituents is 1. The van der Waals surface area contributed by atoms with Gasteiger partial charge in [-0.1, -0.05) is 23.7 Å². The lowest BCUT2D eigenvalue weighted by molar-refractivity contribution is -0.385. The monoisotopic (exact) mass is 412 g/mol. The van der Waals surface area contributed by atoms with E-state index in [0.717, 1.165) is 10.4 Å². The minimum Gasteiger partial charge on any atom is -0.495 e. The number of methoxy groups -OCH3 is 2. The van der Waals surface area contributed by atoms with Gasteiger partial charge in [0.1, 0.15) is 11.5 Å². The molecule has 8 nitrogen and oxygen atoms in total. The average molecular weight is 413 g/mol. The maximum absolute atomic E-state index is 13.2. The van der Waals surface area contributed by atoms with Gasteiger partial charge >= 0.3 is 0 Å². The van der Waals surface area contributed by atoms with Gasteiger partial charge in [-0.25, -0.2) is 8.42 Å². The summed E-state index contributed by atoms with van der Waals surface area (Å²) in [5.74, 6) is 0.437. The van der Waals surface area contributed by atoms with Gasteiger partial charge in [0.05, 0.1) is 41.3 Å². The van der Waals surface area contributed by atoms with Gasteiger partial charge in [0, 0.05) is 24.3 Å². The lowest BCUT2D eigenvalue weighted by Crippen LogP contribution is -2.31. The first-order valence-electron chi connectivity index (χ1n) is 7.55. The molecule has 0 N–H and O–H groups in total. The Morgan fingerprint density at radius 3 is 2.44 bits per heavy atom. The lowest BCUT2D eigenvalue weighted by atomic mass is 10.2. The van der Waals surface area contributed by atoms with Crippen LogP contribution in [0.4, 0.5) is 11.4 Å². The van der Waals surface area contributed by atoms with Crippen molar-refractivity contribution in [3.8, 4) is 11.5 Å². The van der Waals surface area contributed by atoms with Crippen LogP contribution in [0.15, 0.2) is 53.9 Å². The summed E-state index contributed by atoms with van der Waals surface area (Å²) in [4.78, 5) is 10.1. The number of benzene rings is 2. The Labute approximate surface area is 161 Å². The number of hydrogen-bond donors (Lipinski definition) is 0. The second-order valence-corrected chi connectivity index (χ2v) is 7.51. The van der Waals surface area contributed by atoms with E-state index in [4.69, 9.17) is 21.1 Å². The summed E-state index contributed by atoms with van der Waals surface area (Å²) in [5.41, 5.74) is -0.180. The second kappa shape index (κ2) is 8.28. The van der Waals surface area contributed by atoms with Gasteiger partial charge in [0.15, 0.2) is 0 Å². The third-order valence-corrected chi connectivity index (χ3v) is 5.70.